The summed E-state index contributed by atoms with van der Waals surface area (Å²) in [6.07, 6.45) is 9.57. The van der Waals surface area contributed by atoms with E-state index in [0.717, 1.165) is 19.4 Å². The number of aryl methyl sites for hydroxylation is 1. The highest BCUT2D eigenvalue weighted by molar-refractivity contribution is 7.80. The topological polar surface area (TPSA) is 41.1 Å². The molecule has 1 amide bonds. The Kier molecular flexibility index (Phi) is 7.10. The minimum Gasteiger partial charge on any atom is -0.362 e. The van der Waals surface area contributed by atoms with Crippen LogP contribution in [0.5, 0.6) is 0 Å². The summed E-state index contributed by atoms with van der Waals surface area (Å²) in [4.78, 5) is 11.8. The second-order valence-electron chi connectivity index (χ2n) is 5.65. The van der Waals surface area contributed by atoms with E-state index in [1.54, 1.807) is 0 Å². The molecule has 0 aromatic heterocycles. The number of carbonyl (C=O) groups is 1. The zero-order valence-electron chi connectivity index (χ0n) is 12.9. The average molecular weight is 316 g/mol. The summed E-state index contributed by atoms with van der Waals surface area (Å²) in [6, 6.07) is 10.0. The summed E-state index contributed by atoms with van der Waals surface area (Å²) >= 11 is 5.17. The second kappa shape index (κ2) is 9.36. The molecule has 0 spiro atoms. The van der Waals surface area contributed by atoms with Crippen molar-refractivity contribution in [3.05, 3.63) is 47.5 Å². The minimum atomic E-state index is -0.0294. The highest BCUT2D eigenvalue weighted by Crippen LogP contribution is 2.19. The minimum absolute atomic E-state index is 0.0294. The Morgan fingerprint density at radius 1 is 1.14 bits per heavy atom. The van der Waals surface area contributed by atoms with E-state index in [1.165, 1.54) is 36.8 Å². The number of nitrogens with one attached hydrogen (secondary N) is 2. The summed E-state index contributed by atoms with van der Waals surface area (Å²) in [5, 5.41) is 6.31. The molecular formula is C18H24N2OS. The van der Waals surface area contributed by atoms with Crippen LogP contribution >= 0.6 is 12.2 Å². The molecule has 0 saturated heterocycles. The van der Waals surface area contributed by atoms with Gasteiger partial charge in [-0.15, -0.1) is 0 Å². The van der Waals surface area contributed by atoms with E-state index in [-0.39, 0.29) is 5.91 Å². The van der Waals surface area contributed by atoms with Gasteiger partial charge in [0.15, 0.2) is 5.11 Å². The molecule has 1 aromatic rings. The lowest BCUT2D eigenvalue weighted by Crippen LogP contribution is -2.39. The molecule has 1 aliphatic carbocycles. The third-order valence-electron chi connectivity index (χ3n) is 3.85. The summed E-state index contributed by atoms with van der Waals surface area (Å²) in [6.45, 7) is 0.795. The van der Waals surface area contributed by atoms with Gasteiger partial charge in [0.1, 0.15) is 0 Å². The van der Waals surface area contributed by atoms with Crippen molar-refractivity contribution >= 4 is 23.2 Å². The lowest BCUT2D eigenvalue weighted by molar-refractivity contribution is -0.119. The summed E-state index contributed by atoms with van der Waals surface area (Å²) in [5.74, 6) is -0.0294. The van der Waals surface area contributed by atoms with Gasteiger partial charge in [0, 0.05) is 13.0 Å². The van der Waals surface area contributed by atoms with Crippen LogP contribution in [0.15, 0.2) is 42.0 Å². The SMILES string of the molecule is O=C(CCc1ccccc1)NC(=S)NCCC1=CCCCC1. The first-order chi connectivity index (χ1) is 10.7. The molecule has 22 heavy (non-hydrogen) atoms. The number of carbonyl (C=O) groups excluding carboxylic acids is 1. The Bertz CT molecular complexity index is 525. The van der Waals surface area contributed by atoms with Gasteiger partial charge in [0.25, 0.3) is 0 Å². The number of hydrogen-bond acceptors (Lipinski definition) is 2. The highest BCUT2D eigenvalue weighted by atomic mass is 32.1. The summed E-state index contributed by atoms with van der Waals surface area (Å²) in [7, 11) is 0. The largest absolute Gasteiger partial charge is 0.362 e. The Hall–Kier alpha value is -1.68. The molecule has 3 nitrogen and oxygen atoms in total. The highest BCUT2D eigenvalue weighted by Gasteiger charge is 2.06. The van der Waals surface area contributed by atoms with Crippen LogP contribution in [0.3, 0.4) is 0 Å². The molecular weight excluding hydrogens is 292 g/mol. The van der Waals surface area contributed by atoms with Crippen molar-refractivity contribution in [1.29, 1.82) is 0 Å². The van der Waals surface area contributed by atoms with Gasteiger partial charge in [-0.1, -0.05) is 42.0 Å². The number of amides is 1. The van der Waals surface area contributed by atoms with Crippen molar-refractivity contribution in [3.8, 4) is 0 Å². The molecule has 2 N–H and O–H groups in total. The normalized spacial score (nSPS) is 14.1. The molecule has 0 radical (unpaired) electrons. The molecule has 2 rings (SSSR count). The van der Waals surface area contributed by atoms with E-state index in [0.29, 0.717) is 11.5 Å². The Morgan fingerprint density at radius 2 is 1.95 bits per heavy atom. The zero-order chi connectivity index (χ0) is 15.6. The summed E-state index contributed by atoms with van der Waals surface area (Å²) in [5.41, 5.74) is 2.68. The molecule has 0 atom stereocenters. The molecule has 0 aliphatic heterocycles. The van der Waals surface area contributed by atoms with Crippen LogP contribution in [0.2, 0.25) is 0 Å². The first-order valence-corrected chi connectivity index (χ1v) is 8.44. The van der Waals surface area contributed by atoms with Crippen molar-refractivity contribution < 1.29 is 4.79 Å². The molecule has 1 aromatic carbocycles. The van der Waals surface area contributed by atoms with E-state index >= 15 is 0 Å². The van der Waals surface area contributed by atoms with Gasteiger partial charge >= 0.3 is 0 Å². The summed E-state index contributed by atoms with van der Waals surface area (Å²) < 4.78 is 0. The number of thiocarbonyl (C=S) groups is 1. The Balaban J connectivity index is 1.59. The van der Waals surface area contributed by atoms with E-state index in [2.05, 4.69) is 16.7 Å². The van der Waals surface area contributed by atoms with Gasteiger partial charge < -0.3 is 10.6 Å². The molecule has 118 valence electrons. The number of hydrogen-bond donors (Lipinski definition) is 2. The molecule has 1 aliphatic rings. The van der Waals surface area contributed by atoms with E-state index in [4.69, 9.17) is 12.2 Å². The van der Waals surface area contributed by atoms with Crippen LogP contribution in [0.1, 0.15) is 44.1 Å². The lowest BCUT2D eigenvalue weighted by atomic mass is 9.97. The van der Waals surface area contributed by atoms with Crippen molar-refractivity contribution in [1.82, 2.24) is 10.6 Å². The van der Waals surface area contributed by atoms with Gasteiger partial charge in [-0.05, 0) is 56.3 Å². The standard InChI is InChI=1S/C18H24N2OS/c21-17(12-11-15-7-3-1-4-8-15)20-18(22)19-14-13-16-9-5-2-6-10-16/h1,3-4,7-9H,2,5-6,10-14H2,(H2,19,20,21,22). The average Bonchev–Trinajstić information content (AvgIpc) is 2.55. The van der Waals surface area contributed by atoms with E-state index in [9.17, 15) is 4.79 Å². The van der Waals surface area contributed by atoms with Gasteiger partial charge in [-0.25, -0.2) is 0 Å². The maximum Gasteiger partial charge on any atom is 0.226 e. The van der Waals surface area contributed by atoms with Crippen LogP contribution in [-0.4, -0.2) is 17.6 Å². The first kappa shape index (κ1) is 16.7. The quantitative estimate of drug-likeness (QED) is 0.623. The Labute approximate surface area is 138 Å². The fourth-order valence-electron chi connectivity index (χ4n) is 2.60. The van der Waals surface area contributed by atoms with Gasteiger partial charge in [-0.2, -0.15) is 0 Å². The number of benzene rings is 1. The molecule has 0 unspecified atom stereocenters. The Morgan fingerprint density at radius 3 is 2.68 bits per heavy atom. The monoisotopic (exact) mass is 316 g/mol. The number of allylic oxidation sites excluding steroid dienone is 1. The zero-order valence-corrected chi connectivity index (χ0v) is 13.8. The van der Waals surface area contributed by atoms with Crippen LogP contribution in [-0.2, 0) is 11.2 Å². The fraction of sp³-hybridized carbons (Fsp3) is 0.444. The predicted molar refractivity (Wildman–Crippen MR) is 94.7 cm³/mol. The van der Waals surface area contributed by atoms with Gasteiger partial charge in [0.2, 0.25) is 5.91 Å². The third-order valence-corrected chi connectivity index (χ3v) is 4.10. The molecule has 0 heterocycles. The third kappa shape index (κ3) is 6.39. The lowest BCUT2D eigenvalue weighted by Gasteiger charge is -2.14. The number of rotatable bonds is 6. The van der Waals surface area contributed by atoms with Crippen LogP contribution < -0.4 is 10.6 Å². The fourth-order valence-corrected chi connectivity index (χ4v) is 2.82. The maximum absolute atomic E-state index is 11.8. The van der Waals surface area contributed by atoms with Gasteiger partial charge in [0.05, 0.1) is 0 Å². The van der Waals surface area contributed by atoms with Crippen LogP contribution in [0.25, 0.3) is 0 Å². The predicted octanol–water partition coefficient (Wildman–Crippen LogP) is 3.50. The second-order valence-corrected chi connectivity index (χ2v) is 6.06. The smallest absolute Gasteiger partial charge is 0.226 e. The van der Waals surface area contributed by atoms with Crippen LogP contribution in [0.4, 0.5) is 0 Å². The molecule has 0 bridgehead atoms. The van der Waals surface area contributed by atoms with Gasteiger partial charge in [-0.3, -0.25) is 4.79 Å². The first-order valence-electron chi connectivity index (χ1n) is 8.03. The molecule has 0 fully saturated rings. The van der Waals surface area contributed by atoms with Crippen LogP contribution in [0, 0.1) is 0 Å². The molecule has 0 saturated carbocycles. The van der Waals surface area contributed by atoms with Crippen molar-refractivity contribution in [2.75, 3.05) is 6.54 Å². The van der Waals surface area contributed by atoms with Crippen molar-refractivity contribution in [2.24, 2.45) is 0 Å². The van der Waals surface area contributed by atoms with E-state index in [1.807, 2.05) is 30.3 Å². The molecule has 4 heteroatoms. The van der Waals surface area contributed by atoms with E-state index < -0.39 is 0 Å². The van der Waals surface area contributed by atoms with Crippen molar-refractivity contribution in [2.45, 2.75) is 44.9 Å². The maximum atomic E-state index is 11.8. The van der Waals surface area contributed by atoms with Crippen molar-refractivity contribution in [3.63, 3.8) is 0 Å².